The molecule has 2 heterocycles. The van der Waals surface area contributed by atoms with Crippen molar-refractivity contribution in [3.63, 3.8) is 0 Å². The van der Waals surface area contributed by atoms with Gasteiger partial charge in [0.25, 0.3) is 0 Å². The summed E-state index contributed by atoms with van der Waals surface area (Å²) in [5.41, 5.74) is 2.02. The quantitative estimate of drug-likeness (QED) is 0.765. The fourth-order valence-corrected chi connectivity index (χ4v) is 4.22. The average Bonchev–Trinajstić information content (AvgIpc) is 2.96. The number of nitrogens with one attached hydrogen (secondary N) is 1. The zero-order chi connectivity index (χ0) is 15.8. The molecular weight excluding hydrogens is 304 g/mol. The van der Waals surface area contributed by atoms with Crippen molar-refractivity contribution in [2.75, 3.05) is 6.54 Å². The number of aryl methyl sites for hydroxylation is 1. The number of hydrogen-bond donors (Lipinski definition) is 1. The lowest BCUT2D eigenvalue weighted by molar-refractivity contribution is 0.198. The van der Waals surface area contributed by atoms with E-state index < -0.39 is 0 Å². The Kier molecular flexibility index (Phi) is 3.53. The molecular formula is C19H16N2OS. The summed E-state index contributed by atoms with van der Waals surface area (Å²) in [4.78, 5) is 2.63. The van der Waals surface area contributed by atoms with E-state index >= 15 is 0 Å². The fraction of sp³-hybridized carbons (Fsp3) is 0.211. The minimum atomic E-state index is 0.0220. The molecule has 0 fully saturated rings. The van der Waals surface area contributed by atoms with Crippen molar-refractivity contribution >= 4 is 22.1 Å². The van der Waals surface area contributed by atoms with Crippen molar-refractivity contribution in [2.24, 2.45) is 0 Å². The summed E-state index contributed by atoms with van der Waals surface area (Å²) in [5.74, 6) is 0.838. The molecule has 1 N–H and O–H groups in total. The molecule has 0 bridgehead atoms. The van der Waals surface area contributed by atoms with Crippen LogP contribution in [0.15, 0.2) is 42.5 Å². The Morgan fingerprint density at radius 1 is 1.22 bits per heavy atom. The largest absolute Gasteiger partial charge is 0.483 e. The lowest BCUT2D eigenvalue weighted by atomic mass is 10.0. The molecule has 0 saturated heterocycles. The minimum absolute atomic E-state index is 0.0220. The Morgan fingerprint density at radius 2 is 2.04 bits per heavy atom. The first-order valence-corrected chi connectivity index (χ1v) is 8.46. The molecule has 0 aliphatic carbocycles. The third-order valence-corrected chi connectivity index (χ3v) is 5.36. The van der Waals surface area contributed by atoms with Gasteiger partial charge in [-0.3, -0.25) is 0 Å². The summed E-state index contributed by atoms with van der Waals surface area (Å²) >= 11 is 1.81. The van der Waals surface area contributed by atoms with E-state index in [1.807, 2.05) is 47.7 Å². The van der Waals surface area contributed by atoms with Crippen LogP contribution in [0.3, 0.4) is 0 Å². The normalized spacial score (nSPS) is 16.8. The highest BCUT2D eigenvalue weighted by atomic mass is 32.1. The predicted molar refractivity (Wildman–Crippen MR) is 92.8 cm³/mol. The Labute approximate surface area is 139 Å². The number of nitriles is 1. The smallest absolute Gasteiger partial charge is 0.146 e. The van der Waals surface area contributed by atoms with Gasteiger partial charge >= 0.3 is 0 Å². The summed E-state index contributed by atoms with van der Waals surface area (Å²) in [7, 11) is 0. The first kappa shape index (κ1) is 14.3. The number of fused-ring (bicyclic) bond motifs is 2. The van der Waals surface area contributed by atoms with Crippen LogP contribution in [0.5, 0.6) is 5.75 Å². The van der Waals surface area contributed by atoms with Gasteiger partial charge in [0.2, 0.25) is 0 Å². The summed E-state index contributed by atoms with van der Waals surface area (Å²) in [6.45, 7) is 3.85. The monoisotopic (exact) mass is 320 g/mol. The van der Waals surface area contributed by atoms with Crippen LogP contribution in [0.2, 0.25) is 0 Å². The van der Waals surface area contributed by atoms with E-state index in [-0.39, 0.29) is 6.10 Å². The minimum Gasteiger partial charge on any atom is -0.483 e. The standard InChI is InChI=1S/C19H16N2OS/c1-12-8-14-10-21-11-18(19(14)23-12)22-17-7-6-13(9-20)15-4-2-3-5-16(15)17/h2-8,18,21H,10-11H2,1H3. The maximum atomic E-state index is 9.28. The topological polar surface area (TPSA) is 45.0 Å². The van der Waals surface area contributed by atoms with Gasteiger partial charge in [-0.15, -0.1) is 11.3 Å². The van der Waals surface area contributed by atoms with Gasteiger partial charge in [-0.2, -0.15) is 5.26 Å². The second kappa shape index (κ2) is 5.69. The van der Waals surface area contributed by atoms with Crippen molar-refractivity contribution in [1.82, 2.24) is 5.32 Å². The SMILES string of the molecule is Cc1cc2c(s1)C(Oc1ccc(C#N)c3ccccc13)CNC2. The number of thiophene rings is 1. The van der Waals surface area contributed by atoms with Crippen LogP contribution < -0.4 is 10.1 Å². The first-order valence-electron chi connectivity index (χ1n) is 7.64. The molecule has 0 spiro atoms. The van der Waals surface area contributed by atoms with E-state index in [2.05, 4.69) is 24.4 Å². The molecule has 0 amide bonds. The van der Waals surface area contributed by atoms with E-state index in [1.54, 1.807) is 0 Å². The van der Waals surface area contributed by atoms with Crippen LogP contribution in [0, 0.1) is 18.3 Å². The molecule has 114 valence electrons. The van der Waals surface area contributed by atoms with E-state index in [4.69, 9.17) is 4.74 Å². The van der Waals surface area contributed by atoms with E-state index in [1.165, 1.54) is 15.3 Å². The number of nitrogens with zero attached hydrogens (tertiary/aromatic N) is 1. The predicted octanol–water partition coefficient (Wildman–Crippen LogP) is 4.30. The number of benzene rings is 2. The van der Waals surface area contributed by atoms with Gasteiger partial charge < -0.3 is 10.1 Å². The average molecular weight is 320 g/mol. The Morgan fingerprint density at radius 3 is 2.87 bits per heavy atom. The third-order valence-electron chi connectivity index (χ3n) is 4.18. The number of hydrogen-bond acceptors (Lipinski definition) is 4. The molecule has 0 radical (unpaired) electrons. The second-order valence-corrected chi connectivity index (χ2v) is 7.04. The summed E-state index contributed by atoms with van der Waals surface area (Å²) < 4.78 is 6.35. The van der Waals surface area contributed by atoms with Crippen molar-refractivity contribution < 1.29 is 4.74 Å². The molecule has 1 unspecified atom stereocenters. The molecule has 1 aromatic heterocycles. The van der Waals surface area contributed by atoms with Gasteiger partial charge in [0.15, 0.2) is 0 Å². The van der Waals surface area contributed by atoms with Gasteiger partial charge in [-0.1, -0.05) is 24.3 Å². The molecule has 1 atom stereocenters. The summed E-state index contributed by atoms with van der Waals surface area (Å²) in [5, 5.41) is 14.6. The maximum Gasteiger partial charge on any atom is 0.146 e. The second-order valence-electron chi connectivity index (χ2n) is 5.75. The first-order chi connectivity index (χ1) is 11.3. The molecule has 0 saturated carbocycles. The van der Waals surface area contributed by atoms with Crippen LogP contribution >= 0.6 is 11.3 Å². The molecule has 4 rings (SSSR count). The van der Waals surface area contributed by atoms with Crippen LogP contribution in [0.25, 0.3) is 10.8 Å². The van der Waals surface area contributed by atoms with Gasteiger partial charge in [0, 0.05) is 28.7 Å². The fourth-order valence-electron chi connectivity index (χ4n) is 3.15. The Balaban J connectivity index is 1.76. The van der Waals surface area contributed by atoms with Crippen molar-refractivity contribution in [1.29, 1.82) is 5.26 Å². The van der Waals surface area contributed by atoms with Gasteiger partial charge in [0.05, 0.1) is 16.5 Å². The van der Waals surface area contributed by atoms with Crippen LogP contribution in [0.4, 0.5) is 0 Å². The van der Waals surface area contributed by atoms with Crippen molar-refractivity contribution in [3.05, 3.63) is 63.3 Å². The summed E-state index contributed by atoms with van der Waals surface area (Å²) in [6, 6.07) is 16.2. The maximum absolute atomic E-state index is 9.28. The van der Waals surface area contributed by atoms with Crippen molar-refractivity contribution in [2.45, 2.75) is 19.6 Å². The molecule has 1 aliphatic rings. The molecule has 1 aliphatic heterocycles. The van der Waals surface area contributed by atoms with Crippen LogP contribution in [0.1, 0.15) is 27.0 Å². The number of ether oxygens (including phenoxy) is 1. The zero-order valence-corrected chi connectivity index (χ0v) is 13.6. The highest BCUT2D eigenvalue weighted by molar-refractivity contribution is 7.12. The molecule has 2 aromatic carbocycles. The molecule has 4 heteroatoms. The van der Waals surface area contributed by atoms with E-state index in [0.717, 1.165) is 29.6 Å². The van der Waals surface area contributed by atoms with Gasteiger partial charge in [-0.05, 0) is 30.7 Å². The van der Waals surface area contributed by atoms with E-state index in [9.17, 15) is 5.26 Å². The van der Waals surface area contributed by atoms with Gasteiger partial charge in [-0.25, -0.2) is 0 Å². The Bertz CT molecular complexity index is 923. The van der Waals surface area contributed by atoms with Crippen LogP contribution in [-0.2, 0) is 6.54 Å². The van der Waals surface area contributed by atoms with Crippen LogP contribution in [-0.4, -0.2) is 6.54 Å². The third kappa shape index (κ3) is 2.48. The number of rotatable bonds is 2. The van der Waals surface area contributed by atoms with E-state index in [0.29, 0.717) is 5.56 Å². The highest BCUT2D eigenvalue weighted by Gasteiger charge is 2.24. The highest BCUT2D eigenvalue weighted by Crippen LogP contribution is 2.36. The molecule has 23 heavy (non-hydrogen) atoms. The summed E-state index contributed by atoms with van der Waals surface area (Å²) in [6.07, 6.45) is 0.0220. The molecule has 3 nitrogen and oxygen atoms in total. The lowest BCUT2D eigenvalue weighted by Crippen LogP contribution is -2.29. The lowest BCUT2D eigenvalue weighted by Gasteiger charge is -2.25. The van der Waals surface area contributed by atoms with Gasteiger partial charge in [0.1, 0.15) is 11.9 Å². The zero-order valence-electron chi connectivity index (χ0n) is 12.8. The molecule has 3 aromatic rings. The Hall–Kier alpha value is -2.35. The van der Waals surface area contributed by atoms with Crippen molar-refractivity contribution in [3.8, 4) is 11.8 Å².